The Morgan fingerprint density at radius 1 is 1.52 bits per heavy atom. The highest BCUT2D eigenvalue weighted by Crippen LogP contribution is 2.27. The zero-order valence-corrected chi connectivity index (χ0v) is 11.3. The van der Waals surface area contributed by atoms with Crippen LogP contribution < -0.4 is 10.1 Å². The summed E-state index contributed by atoms with van der Waals surface area (Å²) in [6.07, 6.45) is 3.83. The highest BCUT2D eigenvalue weighted by molar-refractivity contribution is 5.95. The molecule has 8 nitrogen and oxygen atoms in total. The summed E-state index contributed by atoms with van der Waals surface area (Å²) in [5, 5.41) is 13.6. The van der Waals surface area contributed by atoms with Crippen molar-refractivity contribution in [1.29, 1.82) is 0 Å². The number of amides is 1. The fourth-order valence-corrected chi connectivity index (χ4v) is 1.81. The zero-order valence-electron chi connectivity index (χ0n) is 11.3. The molecule has 0 saturated heterocycles. The lowest BCUT2D eigenvalue weighted by Gasteiger charge is -2.06. The number of aromatic amines is 1. The second-order valence-corrected chi connectivity index (χ2v) is 4.23. The second-order valence-electron chi connectivity index (χ2n) is 4.23. The summed E-state index contributed by atoms with van der Waals surface area (Å²) in [5.74, 6) is -0.255. The largest absolute Gasteiger partial charge is 0.490 e. The lowest BCUT2D eigenvalue weighted by atomic mass is 10.1. The third-order valence-electron chi connectivity index (χ3n) is 2.87. The molecule has 0 fully saturated rings. The second kappa shape index (κ2) is 6.51. The Balaban J connectivity index is 2.01. The molecule has 2 N–H and O–H groups in total. The van der Waals surface area contributed by atoms with Gasteiger partial charge in [0, 0.05) is 36.5 Å². The zero-order chi connectivity index (χ0) is 15.2. The van der Waals surface area contributed by atoms with E-state index in [0.29, 0.717) is 13.0 Å². The number of imidazole rings is 1. The summed E-state index contributed by atoms with van der Waals surface area (Å²) in [4.78, 5) is 29.1. The van der Waals surface area contributed by atoms with Gasteiger partial charge in [0.1, 0.15) is 0 Å². The van der Waals surface area contributed by atoms with Gasteiger partial charge in [0.05, 0.1) is 18.4 Å². The van der Waals surface area contributed by atoms with Gasteiger partial charge in [-0.2, -0.15) is 0 Å². The van der Waals surface area contributed by atoms with Crippen LogP contribution in [0.15, 0.2) is 30.7 Å². The molecular weight excluding hydrogens is 276 g/mol. The van der Waals surface area contributed by atoms with E-state index in [9.17, 15) is 14.9 Å². The maximum Gasteiger partial charge on any atom is 0.311 e. The molecule has 0 aliphatic rings. The smallest absolute Gasteiger partial charge is 0.311 e. The number of nitrogens with one attached hydrogen (secondary N) is 2. The molecule has 2 aromatic rings. The highest BCUT2D eigenvalue weighted by atomic mass is 16.6. The van der Waals surface area contributed by atoms with Crippen LogP contribution in [0.5, 0.6) is 5.75 Å². The van der Waals surface area contributed by atoms with Crippen molar-refractivity contribution >= 4 is 11.6 Å². The van der Waals surface area contributed by atoms with Crippen molar-refractivity contribution in [2.24, 2.45) is 0 Å². The first-order valence-corrected chi connectivity index (χ1v) is 6.19. The molecule has 0 spiro atoms. The van der Waals surface area contributed by atoms with Crippen molar-refractivity contribution in [2.75, 3.05) is 13.7 Å². The molecule has 2 rings (SSSR count). The van der Waals surface area contributed by atoms with Crippen molar-refractivity contribution in [2.45, 2.75) is 6.42 Å². The topological polar surface area (TPSA) is 110 Å². The standard InChI is InChI=1S/C13H14N4O4/c1-21-12-3-2-9(6-11(12)17(19)20)13(18)15-5-4-10-7-14-8-16-10/h2-3,6-8H,4-5H2,1H3,(H,14,16)(H,15,18). The first-order chi connectivity index (χ1) is 10.1. The molecule has 1 amide bonds. The molecule has 1 aromatic carbocycles. The lowest BCUT2D eigenvalue weighted by molar-refractivity contribution is -0.385. The average molecular weight is 290 g/mol. The number of methoxy groups -OCH3 is 1. The summed E-state index contributed by atoms with van der Waals surface area (Å²) < 4.78 is 4.89. The summed E-state index contributed by atoms with van der Waals surface area (Å²) in [7, 11) is 1.34. The molecule has 0 bridgehead atoms. The summed E-state index contributed by atoms with van der Waals surface area (Å²) >= 11 is 0. The molecule has 8 heteroatoms. The van der Waals surface area contributed by atoms with Gasteiger partial charge in [-0.3, -0.25) is 14.9 Å². The Bertz CT molecular complexity index is 640. The van der Waals surface area contributed by atoms with Crippen LogP contribution in [0.25, 0.3) is 0 Å². The fraction of sp³-hybridized carbons (Fsp3) is 0.231. The van der Waals surface area contributed by atoms with E-state index in [2.05, 4.69) is 15.3 Å². The number of nitro benzene ring substituents is 1. The number of rotatable bonds is 6. The number of carbonyl (C=O) groups excluding carboxylic acids is 1. The minimum Gasteiger partial charge on any atom is -0.490 e. The van der Waals surface area contributed by atoms with Crippen LogP contribution in [0, 0.1) is 10.1 Å². The Morgan fingerprint density at radius 2 is 2.33 bits per heavy atom. The van der Waals surface area contributed by atoms with Crippen molar-refractivity contribution in [3.63, 3.8) is 0 Å². The molecule has 0 radical (unpaired) electrons. The Kier molecular flexibility index (Phi) is 4.50. The predicted octanol–water partition coefficient (Wildman–Crippen LogP) is 1.30. The van der Waals surface area contributed by atoms with Crippen LogP contribution in [0.4, 0.5) is 5.69 Å². The van der Waals surface area contributed by atoms with Gasteiger partial charge in [-0.1, -0.05) is 0 Å². The highest BCUT2D eigenvalue weighted by Gasteiger charge is 2.17. The number of hydrogen-bond donors (Lipinski definition) is 2. The average Bonchev–Trinajstić information content (AvgIpc) is 2.99. The monoisotopic (exact) mass is 290 g/mol. The third-order valence-corrected chi connectivity index (χ3v) is 2.87. The van der Waals surface area contributed by atoms with Gasteiger partial charge in [0.15, 0.2) is 5.75 Å². The molecule has 0 aliphatic heterocycles. The van der Waals surface area contributed by atoms with Crippen molar-refractivity contribution in [1.82, 2.24) is 15.3 Å². The summed E-state index contributed by atoms with van der Waals surface area (Å²) in [6, 6.07) is 4.09. The van der Waals surface area contributed by atoms with E-state index in [0.717, 1.165) is 5.69 Å². The van der Waals surface area contributed by atoms with Gasteiger partial charge in [-0.15, -0.1) is 0 Å². The van der Waals surface area contributed by atoms with E-state index in [1.165, 1.54) is 25.3 Å². The van der Waals surface area contributed by atoms with E-state index < -0.39 is 4.92 Å². The number of nitrogens with zero attached hydrogens (tertiary/aromatic N) is 2. The SMILES string of the molecule is COc1ccc(C(=O)NCCc2cnc[nH]2)cc1[N+](=O)[O-]. The Labute approximate surface area is 120 Å². The van der Waals surface area contributed by atoms with Crippen LogP contribution in [0.3, 0.4) is 0 Å². The Hall–Kier alpha value is -2.90. The number of nitro groups is 1. The Morgan fingerprint density at radius 3 is 2.95 bits per heavy atom. The fourth-order valence-electron chi connectivity index (χ4n) is 1.81. The number of benzene rings is 1. The van der Waals surface area contributed by atoms with Crippen LogP contribution in [0.1, 0.15) is 16.1 Å². The van der Waals surface area contributed by atoms with E-state index in [1.807, 2.05) is 0 Å². The van der Waals surface area contributed by atoms with Crippen molar-refractivity contribution in [3.05, 3.63) is 52.1 Å². The maximum absolute atomic E-state index is 11.9. The molecule has 1 aromatic heterocycles. The van der Waals surface area contributed by atoms with Crippen LogP contribution >= 0.6 is 0 Å². The first kappa shape index (κ1) is 14.5. The van der Waals surface area contributed by atoms with Gasteiger partial charge in [-0.25, -0.2) is 4.98 Å². The van der Waals surface area contributed by atoms with Crippen LogP contribution in [-0.2, 0) is 6.42 Å². The lowest BCUT2D eigenvalue weighted by Crippen LogP contribution is -2.25. The van der Waals surface area contributed by atoms with Crippen LogP contribution in [-0.4, -0.2) is 34.5 Å². The van der Waals surface area contributed by atoms with Gasteiger partial charge in [-0.05, 0) is 12.1 Å². The number of hydrogen-bond acceptors (Lipinski definition) is 5. The van der Waals surface area contributed by atoms with Gasteiger partial charge < -0.3 is 15.0 Å². The molecule has 21 heavy (non-hydrogen) atoms. The number of H-pyrrole nitrogens is 1. The molecular formula is C13H14N4O4. The summed E-state index contributed by atoms with van der Waals surface area (Å²) in [6.45, 7) is 0.404. The molecule has 0 atom stereocenters. The maximum atomic E-state index is 11.9. The number of ether oxygens (including phenoxy) is 1. The van der Waals surface area contributed by atoms with Gasteiger partial charge in [0.25, 0.3) is 5.91 Å². The molecule has 0 aliphatic carbocycles. The van der Waals surface area contributed by atoms with E-state index in [1.54, 1.807) is 12.5 Å². The van der Waals surface area contributed by atoms with Gasteiger partial charge in [0.2, 0.25) is 0 Å². The number of carbonyl (C=O) groups is 1. The normalized spacial score (nSPS) is 10.1. The molecule has 1 heterocycles. The van der Waals surface area contributed by atoms with Crippen molar-refractivity contribution < 1.29 is 14.5 Å². The minimum absolute atomic E-state index is 0.119. The quantitative estimate of drug-likeness (QED) is 0.615. The minimum atomic E-state index is -0.583. The van der Waals surface area contributed by atoms with E-state index >= 15 is 0 Å². The first-order valence-electron chi connectivity index (χ1n) is 6.19. The molecule has 110 valence electrons. The predicted molar refractivity (Wildman–Crippen MR) is 74.3 cm³/mol. The number of aromatic nitrogens is 2. The van der Waals surface area contributed by atoms with Crippen molar-refractivity contribution in [3.8, 4) is 5.75 Å². The summed E-state index contributed by atoms with van der Waals surface area (Å²) in [5.41, 5.74) is 0.877. The van der Waals surface area contributed by atoms with E-state index in [4.69, 9.17) is 4.74 Å². The van der Waals surface area contributed by atoms with Gasteiger partial charge >= 0.3 is 5.69 Å². The third kappa shape index (κ3) is 3.56. The van der Waals surface area contributed by atoms with Crippen LogP contribution in [0.2, 0.25) is 0 Å². The molecule has 0 saturated carbocycles. The van der Waals surface area contributed by atoms with E-state index in [-0.39, 0.29) is 22.9 Å². The molecule has 0 unspecified atom stereocenters.